The maximum absolute atomic E-state index is 7.46. The van der Waals surface area contributed by atoms with Crippen molar-refractivity contribution in [3.63, 3.8) is 0 Å². The molecule has 0 bridgehead atoms. The molecule has 0 atom stereocenters. The molecule has 1 heterocycles. The monoisotopic (exact) mass is 177 g/mol. The Kier molecular flexibility index (Phi) is 1.93. The molecule has 0 saturated carbocycles. The lowest BCUT2D eigenvalue weighted by Crippen LogP contribution is -2.15. The van der Waals surface area contributed by atoms with E-state index in [0.717, 1.165) is 17.1 Å². The maximum Gasteiger partial charge on any atom is 0.162 e. The van der Waals surface area contributed by atoms with E-state index < -0.39 is 0 Å². The first kappa shape index (κ1) is 8.10. The van der Waals surface area contributed by atoms with Gasteiger partial charge in [-0.05, 0) is 30.7 Å². The smallest absolute Gasteiger partial charge is 0.162 e. The van der Waals surface area contributed by atoms with Crippen molar-refractivity contribution in [2.45, 2.75) is 6.92 Å². The molecule has 1 aliphatic rings. The average molecular weight is 177 g/mol. The Balaban J connectivity index is 2.40. The van der Waals surface area contributed by atoms with Crippen LogP contribution in [0.5, 0.6) is 11.5 Å². The second-order valence-corrected chi connectivity index (χ2v) is 2.98. The van der Waals surface area contributed by atoms with Crippen molar-refractivity contribution >= 4 is 5.71 Å². The quantitative estimate of drug-likeness (QED) is 0.665. The topological polar surface area (TPSA) is 42.3 Å². The zero-order valence-corrected chi connectivity index (χ0v) is 7.46. The molecule has 0 spiro atoms. The summed E-state index contributed by atoms with van der Waals surface area (Å²) in [5.41, 5.74) is 1.42. The van der Waals surface area contributed by atoms with Gasteiger partial charge in [-0.25, -0.2) is 0 Å². The van der Waals surface area contributed by atoms with Crippen molar-refractivity contribution in [1.82, 2.24) is 0 Å². The molecule has 1 aromatic rings. The zero-order valence-electron chi connectivity index (χ0n) is 7.46. The van der Waals surface area contributed by atoms with Crippen LogP contribution in [0.4, 0.5) is 0 Å². The van der Waals surface area contributed by atoms with E-state index in [-0.39, 0.29) is 0 Å². The molecule has 0 unspecified atom stereocenters. The fraction of sp³-hybridized carbons (Fsp3) is 0.300. The lowest BCUT2D eigenvalue weighted by Gasteiger charge is -2.18. The molecule has 1 aromatic carbocycles. The SMILES string of the molecule is CC(=N)c1ccc2c(c1)OCCO2. The van der Waals surface area contributed by atoms with Crippen LogP contribution >= 0.6 is 0 Å². The number of ether oxygens (including phenoxy) is 2. The molecule has 68 valence electrons. The largest absolute Gasteiger partial charge is 0.486 e. The van der Waals surface area contributed by atoms with Gasteiger partial charge in [-0.15, -0.1) is 0 Å². The fourth-order valence-corrected chi connectivity index (χ4v) is 1.28. The van der Waals surface area contributed by atoms with Crippen LogP contribution in [0.25, 0.3) is 0 Å². The van der Waals surface area contributed by atoms with Gasteiger partial charge in [0.25, 0.3) is 0 Å². The Morgan fingerprint density at radius 3 is 2.62 bits per heavy atom. The van der Waals surface area contributed by atoms with Crippen LogP contribution < -0.4 is 9.47 Å². The van der Waals surface area contributed by atoms with Crippen LogP contribution in [-0.4, -0.2) is 18.9 Å². The highest BCUT2D eigenvalue weighted by atomic mass is 16.6. The van der Waals surface area contributed by atoms with Crippen molar-refractivity contribution in [2.75, 3.05) is 13.2 Å². The highest BCUT2D eigenvalue weighted by Gasteiger charge is 2.11. The first-order chi connectivity index (χ1) is 6.27. The van der Waals surface area contributed by atoms with E-state index in [1.54, 1.807) is 6.92 Å². The minimum Gasteiger partial charge on any atom is -0.486 e. The highest BCUT2D eigenvalue weighted by molar-refractivity contribution is 5.96. The minimum atomic E-state index is 0.539. The third-order valence-electron chi connectivity index (χ3n) is 1.98. The summed E-state index contributed by atoms with van der Waals surface area (Å²) in [6.07, 6.45) is 0. The van der Waals surface area contributed by atoms with Gasteiger partial charge in [0.15, 0.2) is 11.5 Å². The summed E-state index contributed by atoms with van der Waals surface area (Å²) >= 11 is 0. The summed E-state index contributed by atoms with van der Waals surface area (Å²) in [4.78, 5) is 0. The van der Waals surface area contributed by atoms with Gasteiger partial charge >= 0.3 is 0 Å². The summed E-state index contributed by atoms with van der Waals surface area (Å²) in [6, 6.07) is 5.56. The van der Waals surface area contributed by atoms with Gasteiger partial charge in [-0.2, -0.15) is 0 Å². The maximum atomic E-state index is 7.46. The van der Waals surface area contributed by atoms with Gasteiger partial charge in [0.05, 0.1) is 0 Å². The number of nitrogens with one attached hydrogen (secondary N) is 1. The summed E-state index contributed by atoms with van der Waals surface area (Å²) in [5.74, 6) is 1.52. The van der Waals surface area contributed by atoms with Gasteiger partial charge in [0.2, 0.25) is 0 Å². The molecule has 0 fully saturated rings. The summed E-state index contributed by atoms with van der Waals surface area (Å²) in [6.45, 7) is 2.95. The van der Waals surface area contributed by atoms with E-state index in [9.17, 15) is 0 Å². The van der Waals surface area contributed by atoms with Gasteiger partial charge in [0.1, 0.15) is 13.2 Å². The molecule has 3 nitrogen and oxygen atoms in total. The predicted octanol–water partition coefficient (Wildman–Crippen LogP) is 1.85. The fourth-order valence-electron chi connectivity index (χ4n) is 1.28. The van der Waals surface area contributed by atoms with Crippen molar-refractivity contribution in [1.29, 1.82) is 5.41 Å². The molecule has 0 radical (unpaired) electrons. The van der Waals surface area contributed by atoms with Gasteiger partial charge in [0, 0.05) is 5.71 Å². The lowest BCUT2D eigenvalue weighted by atomic mass is 10.1. The van der Waals surface area contributed by atoms with E-state index in [4.69, 9.17) is 14.9 Å². The molecule has 3 heteroatoms. The van der Waals surface area contributed by atoms with Crippen LogP contribution in [0.15, 0.2) is 18.2 Å². The Bertz CT molecular complexity index is 347. The van der Waals surface area contributed by atoms with Crippen LogP contribution in [0.2, 0.25) is 0 Å². The molecule has 0 aliphatic carbocycles. The molecule has 1 N–H and O–H groups in total. The molecule has 0 saturated heterocycles. The lowest BCUT2D eigenvalue weighted by molar-refractivity contribution is 0.171. The number of fused-ring (bicyclic) bond motifs is 1. The predicted molar refractivity (Wildman–Crippen MR) is 49.9 cm³/mol. The van der Waals surface area contributed by atoms with Crippen molar-refractivity contribution in [3.8, 4) is 11.5 Å². The second-order valence-electron chi connectivity index (χ2n) is 2.98. The Hall–Kier alpha value is -1.51. The Labute approximate surface area is 76.8 Å². The number of hydrogen-bond donors (Lipinski definition) is 1. The minimum absolute atomic E-state index is 0.539. The van der Waals surface area contributed by atoms with Gasteiger partial charge in [-0.3, -0.25) is 0 Å². The molecule has 2 rings (SSSR count). The van der Waals surface area contributed by atoms with Crippen molar-refractivity contribution < 1.29 is 9.47 Å². The highest BCUT2D eigenvalue weighted by Crippen LogP contribution is 2.30. The normalized spacial score (nSPS) is 13.9. The zero-order chi connectivity index (χ0) is 9.26. The average Bonchev–Trinajstić information content (AvgIpc) is 2.17. The van der Waals surface area contributed by atoms with E-state index in [2.05, 4.69) is 0 Å². The van der Waals surface area contributed by atoms with Crippen molar-refractivity contribution in [3.05, 3.63) is 23.8 Å². The Morgan fingerprint density at radius 1 is 1.23 bits per heavy atom. The third-order valence-corrected chi connectivity index (χ3v) is 1.98. The van der Waals surface area contributed by atoms with Crippen molar-refractivity contribution in [2.24, 2.45) is 0 Å². The van der Waals surface area contributed by atoms with E-state index in [0.29, 0.717) is 18.9 Å². The van der Waals surface area contributed by atoms with Crippen LogP contribution in [-0.2, 0) is 0 Å². The van der Waals surface area contributed by atoms with Gasteiger partial charge < -0.3 is 14.9 Å². The summed E-state index contributed by atoms with van der Waals surface area (Å²) in [7, 11) is 0. The van der Waals surface area contributed by atoms with E-state index in [1.807, 2.05) is 18.2 Å². The molecular weight excluding hydrogens is 166 g/mol. The molecular formula is C10H11NO2. The first-order valence-electron chi connectivity index (χ1n) is 4.22. The number of benzene rings is 1. The molecule has 0 amide bonds. The number of rotatable bonds is 1. The second kappa shape index (κ2) is 3.09. The van der Waals surface area contributed by atoms with E-state index in [1.165, 1.54) is 0 Å². The standard InChI is InChI=1S/C10H11NO2/c1-7(11)8-2-3-9-10(6-8)13-5-4-12-9/h2-3,6,11H,4-5H2,1H3. The molecule has 13 heavy (non-hydrogen) atoms. The Morgan fingerprint density at radius 2 is 1.92 bits per heavy atom. The van der Waals surface area contributed by atoms with Gasteiger partial charge in [-0.1, -0.05) is 0 Å². The van der Waals surface area contributed by atoms with E-state index >= 15 is 0 Å². The van der Waals surface area contributed by atoms with Crippen LogP contribution in [0, 0.1) is 5.41 Å². The van der Waals surface area contributed by atoms with Crippen LogP contribution in [0.3, 0.4) is 0 Å². The summed E-state index contributed by atoms with van der Waals surface area (Å²) in [5, 5.41) is 7.46. The first-order valence-corrected chi connectivity index (χ1v) is 4.22. The van der Waals surface area contributed by atoms with Crippen LogP contribution in [0.1, 0.15) is 12.5 Å². The molecule has 0 aromatic heterocycles. The number of hydrogen-bond acceptors (Lipinski definition) is 3. The molecule has 1 aliphatic heterocycles. The third kappa shape index (κ3) is 1.49. The summed E-state index contributed by atoms with van der Waals surface area (Å²) < 4.78 is 10.8.